The Bertz CT molecular complexity index is 513. The summed E-state index contributed by atoms with van der Waals surface area (Å²) in [5, 5.41) is 5.23. The Morgan fingerprint density at radius 1 is 1.32 bits per heavy atom. The summed E-state index contributed by atoms with van der Waals surface area (Å²) in [6.45, 7) is 7.85. The second-order valence-corrected chi connectivity index (χ2v) is 7.72. The third kappa shape index (κ3) is 6.45. The number of nitrogens with zero attached hydrogens (tertiary/aromatic N) is 1. The van der Waals surface area contributed by atoms with Gasteiger partial charge in [0.15, 0.2) is 0 Å². The summed E-state index contributed by atoms with van der Waals surface area (Å²) in [4.78, 5) is 49.0. The van der Waals surface area contributed by atoms with Gasteiger partial charge in [0.25, 0.3) is 0 Å². The van der Waals surface area contributed by atoms with Crippen molar-refractivity contribution < 1.29 is 19.2 Å². The Balaban J connectivity index is 2.83. The highest BCUT2D eigenvalue weighted by Crippen LogP contribution is 2.22. The summed E-state index contributed by atoms with van der Waals surface area (Å²) in [6.07, 6.45) is 2.27. The minimum Gasteiger partial charge on any atom is -0.348 e. The molecule has 3 amide bonds. The first-order valence-corrected chi connectivity index (χ1v) is 8.64. The number of likely N-dealkylation sites (tertiary alicyclic amines) is 1. The number of carbonyl (C=O) groups is 4. The maximum Gasteiger partial charge on any atom is 0.243 e. The second-order valence-electron chi connectivity index (χ2n) is 7.72. The van der Waals surface area contributed by atoms with Gasteiger partial charge in [0.05, 0.1) is 12.6 Å². The van der Waals surface area contributed by atoms with Crippen LogP contribution in [-0.2, 0) is 19.2 Å². The number of hydrogen-bond donors (Lipinski definition) is 3. The topological polar surface area (TPSA) is 122 Å². The molecule has 1 heterocycles. The van der Waals surface area contributed by atoms with Crippen LogP contribution in [0.25, 0.3) is 0 Å². The molecule has 142 valence electrons. The summed E-state index contributed by atoms with van der Waals surface area (Å²) < 4.78 is 0. The zero-order valence-corrected chi connectivity index (χ0v) is 15.5. The lowest BCUT2D eigenvalue weighted by atomic mass is 9.87. The molecule has 1 rings (SSSR count). The molecule has 8 nitrogen and oxygen atoms in total. The summed E-state index contributed by atoms with van der Waals surface area (Å²) >= 11 is 0. The number of nitrogens with one attached hydrogen (secondary N) is 2. The Morgan fingerprint density at radius 3 is 2.48 bits per heavy atom. The molecule has 8 heteroatoms. The lowest BCUT2D eigenvalue weighted by molar-refractivity contribution is -0.140. The molecule has 4 N–H and O–H groups in total. The van der Waals surface area contributed by atoms with Crippen LogP contribution >= 0.6 is 0 Å². The first-order chi connectivity index (χ1) is 11.6. The average Bonchev–Trinajstić information content (AvgIpc) is 2.99. The van der Waals surface area contributed by atoms with E-state index in [2.05, 4.69) is 10.6 Å². The van der Waals surface area contributed by atoms with Crippen LogP contribution in [-0.4, -0.2) is 60.1 Å². The van der Waals surface area contributed by atoms with E-state index in [-0.39, 0.29) is 23.8 Å². The maximum atomic E-state index is 12.7. The lowest BCUT2D eigenvalue weighted by Crippen LogP contribution is -2.55. The predicted octanol–water partition coefficient (Wildman–Crippen LogP) is -0.439. The van der Waals surface area contributed by atoms with Gasteiger partial charge in [-0.15, -0.1) is 0 Å². The van der Waals surface area contributed by atoms with Crippen molar-refractivity contribution in [2.75, 3.05) is 13.1 Å². The van der Waals surface area contributed by atoms with E-state index in [9.17, 15) is 19.2 Å². The van der Waals surface area contributed by atoms with Gasteiger partial charge in [0.1, 0.15) is 18.4 Å². The van der Waals surface area contributed by atoms with Gasteiger partial charge < -0.3 is 26.1 Å². The van der Waals surface area contributed by atoms with Crippen LogP contribution in [0, 0.1) is 5.41 Å². The summed E-state index contributed by atoms with van der Waals surface area (Å²) in [6, 6.07) is -2.05. The summed E-state index contributed by atoms with van der Waals surface area (Å²) in [7, 11) is 0. The monoisotopic (exact) mass is 354 g/mol. The molecule has 0 aromatic carbocycles. The van der Waals surface area contributed by atoms with E-state index in [1.807, 2.05) is 20.8 Å². The molecule has 1 aliphatic rings. The quantitative estimate of drug-likeness (QED) is 0.535. The molecule has 1 aliphatic heterocycles. The van der Waals surface area contributed by atoms with Gasteiger partial charge in [-0.05, 0) is 31.6 Å². The largest absolute Gasteiger partial charge is 0.348 e. The molecule has 1 saturated heterocycles. The first kappa shape index (κ1) is 21.1. The summed E-state index contributed by atoms with van der Waals surface area (Å²) in [5.41, 5.74) is 5.44. The molecule has 0 spiro atoms. The standard InChI is InChI=1S/C17H30N4O4/c1-11(18)16(25)21-8-5-6-13(21)15(24)20-12(10-17(2,3)4)14(23)19-7-9-22/h9,11-13H,5-8,10,18H2,1-4H3,(H,19,23)(H,20,24)/t11-,12-,13-/m0/s1. The molecule has 0 aromatic heterocycles. The Labute approximate surface area is 148 Å². The van der Waals surface area contributed by atoms with E-state index in [1.165, 1.54) is 4.90 Å². The maximum absolute atomic E-state index is 12.7. The fourth-order valence-electron chi connectivity index (χ4n) is 2.92. The minimum atomic E-state index is -0.764. The average molecular weight is 354 g/mol. The van der Waals surface area contributed by atoms with Gasteiger partial charge in [-0.3, -0.25) is 14.4 Å². The highest BCUT2D eigenvalue weighted by atomic mass is 16.2. The van der Waals surface area contributed by atoms with E-state index < -0.39 is 24.0 Å². The number of nitrogens with two attached hydrogens (primary N) is 1. The van der Waals surface area contributed by atoms with Crippen LogP contribution in [0.3, 0.4) is 0 Å². The second kappa shape index (κ2) is 8.94. The van der Waals surface area contributed by atoms with Gasteiger partial charge in [-0.2, -0.15) is 0 Å². The van der Waals surface area contributed by atoms with Gasteiger partial charge in [-0.25, -0.2) is 0 Å². The fraction of sp³-hybridized carbons (Fsp3) is 0.765. The number of rotatable bonds is 7. The highest BCUT2D eigenvalue weighted by molar-refractivity contribution is 5.93. The smallest absolute Gasteiger partial charge is 0.243 e. The highest BCUT2D eigenvalue weighted by Gasteiger charge is 2.37. The van der Waals surface area contributed by atoms with Gasteiger partial charge in [0, 0.05) is 6.54 Å². The molecule has 0 saturated carbocycles. The van der Waals surface area contributed by atoms with E-state index in [4.69, 9.17) is 5.73 Å². The number of hydrogen-bond acceptors (Lipinski definition) is 5. The zero-order chi connectivity index (χ0) is 19.2. The minimum absolute atomic E-state index is 0.103. The van der Waals surface area contributed by atoms with E-state index in [0.29, 0.717) is 25.7 Å². The summed E-state index contributed by atoms with van der Waals surface area (Å²) in [5.74, 6) is -1.03. The Hall–Kier alpha value is -1.96. The van der Waals surface area contributed by atoms with Crippen molar-refractivity contribution in [3.8, 4) is 0 Å². The lowest BCUT2D eigenvalue weighted by Gasteiger charge is -2.29. The van der Waals surface area contributed by atoms with Crippen molar-refractivity contribution in [1.29, 1.82) is 0 Å². The Morgan fingerprint density at radius 2 is 1.96 bits per heavy atom. The molecule has 1 fully saturated rings. The SMILES string of the molecule is C[C@H](N)C(=O)N1CCC[C@H]1C(=O)N[C@@H](CC(C)(C)C)C(=O)NCC=O. The van der Waals surface area contributed by atoms with E-state index in [1.54, 1.807) is 6.92 Å². The van der Waals surface area contributed by atoms with Gasteiger partial charge in [0.2, 0.25) is 17.7 Å². The van der Waals surface area contributed by atoms with E-state index in [0.717, 1.165) is 6.42 Å². The van der Waals surface area contributed by atoms with Gasteiger partial charge >= 0.3 is 0 Å². The molecule has 0 radical (unpaired) electrons. The molecule has 0 aliphatic carbocycles. The van der Waals surface area contributed by atoms with Crippen molar-refractivity contribution in [1.82, 2.24) is 15.5 Å². The van der Waals surface area contributed by atoms with Crippen LogP contribution in [0.1, 0.15) is 47.0 Å². The third-order valence-corrected chi connectivity index (χ3v) is 4.04. The van der Waals surface area contributed by atoms with Crippen molar-refractivity contribution in [3.63, 3.8) is 0 Å². The molecule has 0 unspecified atom stereocenters. The van der Waals surface area contributed by atoms with E-state index >= 15 is 0 Å². The Kier molecular flexibility index (Phi) is 7.54. The zero-order valence-electron chi connectivity index (χ0n) is 15.5. The number of amides is 3. The van der Waals surface area contributed by atoms with Crippen molar-refractivity contribution in [3.05, 3.63) is 0 Å². The fourth-order valence-corrected chi connectivity index (χ4v) is 2.92. The molecule has 0 aromatic rings. The molecule has 25 heavy (non-hydrogen) atoms. The molecule has 0 bridgehead atoms. The van der Waals surface area contributed by atoms with Crippen LogP contribution in [0.5, 0.6) is 0 Å². The molecular formula is C17H30N4O4. The van der Waals surface area contributed by atoms with Gasteiger partial charge in [-0.1, -0.05) is 20.8 Å². The van der Waals surface area contributed by atoms with Crippen molar-refractivity contribution in [2.45, 2.75) is 65.1 Å². The van der Waals surface area contributed by atoms with Crippen molar-refractivity contribution in [2.24, 2.45) is 11.1 Å². The number of aldehydes is 1. The van der Waals surface area contributed by atoms with Crippen LogP contribution < -0.4 is 16.4 Å². The molecule has 3 atom stereocenters. The van der Waals surface area contributed by atoms with Crippen molar-refractivity contribution >= 4 is 24.0 Å². The number of carbonyl (C=O) groups excluding carboxylic acids is 4. The predicted molar refractivity (Wildman–Crippen MR) is 93.5 cm³/mol. The van der Waals surface area contributed by atoms with Crippen LogP contribution in [0.4, 0.5) is 0 Å². The van der Waals surface area contributed by atoms with Crippen LogP contribution in [0.2, 0.25) is 0 Å². The normalized spacial score (nSPS) is 19.9. The molecular weight excluding hydrogens is 324 g/mol. The third-order valence-electron chi connectivity index (χ3n) is 4.04. The van der Waals surface area contributed by atoms with Crippen LogP contribution in [0.15, 0.2) is 0 Å². The first-order valence-electron chi connectivity index (χ1n) is 8.64.